The monoisotopic (exact) mass is 583 g/mol. The van der Waals surface area contributed by atoms with Crippen molar-refractivity contribution in [2.75, 3.05) is 49.6 Å². The van der Waals surface area contributed by atoms with E-state index in [-0.39, 0.29) is 61.8 Å². The van der Waals surface area contributed by atoms with Gasteiger partial charge in [0.15, 0.2) is 12.3 Å². The maximum absolute atomic E-state index is 13.6. The van der Waals surface area contributed by atoms with Crippen LogP contribution in [0.2, 0.25) is 0 Å². The molecule has 0 amide bonds. The van der Waals surface area contributed by atoms with Crippen molar-refractivity contribution in [3.63, 3.8) is 0 Å². The second-order valence-corrected chi connectivity index (χ2v) is 10.5. The summed E-state index contributed by atoms with van der Waals surface area (Å²) in [5.41, 5.74) is -0.852. The Balaban J connectivity index is 1.44. The second-order valence-electron chi connectivity index (χ2n) is 8.52. The Bertz CT molecular complexity index is 1430. The highest BCUT2D eigenvalue weighted by atomic mass is 32.2. The van der Waals surface area contributed by atoms with E-state index in [0.29, 0.717) is 5.69 Å². The zero-order valence-corrected chi connectivity index (χ0v) is 22.0. The number of nitrogens with one attached hydrogen (secondary N) is 1. The molecule has 2 aromatic carbocycles. The van der Waals surface area contributed by atoms with Crippen LogP contribution in [0.3, 0.4) is 0 Å². The van der Waals surface area contributed by atoms with E-state index >= 15 is 0 Å². The molecule has 1 saturated heterocycles. The average molecular weight is 584 g/mol. The topological polar surface area (TPSA) is 114 Å². The van der Waals surface area contributed by atoms with Gasteiger partial charge >= 0.3 is 12.1 Å². The number of anilines is 3. The number of rotatable bonds is 9. The average Bonchev–Trinajstić information content (AvgIpc) is 2.93. The van der Waals surface area contributed by atoms with Crippen molar-refractivity contribution in [3.8, 4) is 5.75 Å². The maximum Gasteiger partial charge on any atom is 0.433 e. The summed E-state index contributed by atoms with van der Waals surface area (Å²) in [6.07, 6.45) is -4.76. The zero-order chi connectivity index (χ0) is 28.9. The minimum Gasteiger partial charge on any atom is -0.482 e. The number of hydrogen-bond donors (Lipinski definition) is 1. The van der Waals surface area contributed by atoms with Gasteiger partial charge in [0.25, 0.3) is 0 Å². The number of carbonyl (C=O) groups is 1. The maximum atomic E-state index is 13.6. The van der Waals surface area contributed by atoms with Crippen molar-refractivity contribution in [1.82, 2.24) is 14.3 Å². The fourth-order valence-electron chi connectivity index (χ4n) is 3.80. The van der Waals surface area contributed by atoms with Gasteiger partial charge < -0.3 is 19.7 Å². The fourth-order valence-corrected chi connectivity index (χ4v) is 5.22. The van der Waals surface area contributed by atoms with Crippen LogP contribution in [0.25, 0.3) is 0 Å². The quantitative estimate of drug-likeness (QED) is 0.297. The van der Waals surface area contributed by atoms with Gasteiger partial charge in [0.2, 0.25) is 16.0 Å². The number of nitrogens with zero attached hydrogens (tertiary/aromatic N) is 4. The molecule has 0 unspecified atom stereocenters. The Labute approximate surface area is 227 Å². The first-order valence-electron chi connectivity index (χ1n) is 12.1. The molecule has 1 fully saturated rings. The summed E-state index contributed by atoms with van der Waals surface area (Å²) >= 11 is 0. The van der Waals surface area contributed by atoms with E-state index in [9.17, 15) is 30.8 Å². The van der Waals surface area contributed by atoms with Crippen LogP contribution in [0.1, 0.15) is 12.6 Å². The van der Waals surface area contributed by atoms with E-state index in [4.69, 9.17) is 9.47 Å². The minimum absolute atomic E-state index is 0.00876. The molecule has 3 aromatic rings. The number of esters is 1. The Kier molecular flexibility index (Phi) is 8.73. The summed E-state index contributed by atoms with van der Waals surface area (Å²) in [6.45, 7) is 1.58. The Morgan fingerprint density at radius 2 is 1.65 bits per heavy atom. The van der Waals surface area contributed by atoms with Gasteiger partial charge in [-0.1, -0.05) is 0 Å². The van der Waals surface area contributed by atoms with E-state index in [1.54, 1.807) is 6.92 Å². The summed E-state index contributed by atoms with van der Waals surface area (Å²) in [7, 11) is -3.91. The standard InChI is InChI=1S/C25H25F4N5O5S/c1-2-38-23(35)16-39-19-7-9-20(10-8-19)40(36,37)34-13-11-33(12-14-34)24-31-21(25(27,28)29)15-22(32-24)30-18-5-3-17(26)4-6-18/h3-10,15H,2,11-14,16H2,1H3,(H,30,31,32). The number of aromatic nitrogens is 2. The van der Waals surface area contributed by atoms with Gasteiger partial charge in [0, 0.05) is 37.9 Å². The molecule has 10 nitrogen and oxygen atoms in total. The highest BCUT2D eigenvalue weighted by Gasteiger charge is 2.35. The summed E-state index contributed by atoms with van der Waals surface area (Å²) < 4.78 is 91.4. The van der Waals surface area contributed by atoms with Gasteiger partial charge in [0.1, 0.15) is 17.4 Å². The van der Waals surface area contributed by atoms with E-state index < -0.39 is 33.7 Å². The fraction of sp³-hybridized carbons (Fsp3) is 0.320. The van der Waals surface area contributed by atoms with Crippen LogP contribution in [0.4, 0.5) is 35.0 Å². The van der Waals surface area contributed by atoms with E-state index in [1.165, 1.54) is 45.6 Å². The molecule has 1 N–H and O–H groups in total. The zero-order valence-electron chi connectivity index (χ0n) is 21.2. The van der Waals surface area contributed by atoms with Crippen LogP contribution in [0.5, 0.6) is 5.75 Å². The van der Waals surface area contributed by atoms with Crippen LogP contribution in [0.15, 0.2) is 59.5 Å². The molecule has 1 aliphatic heterocycles. The molecule has 1 aliphatic rings. The first kappa shape index (κ1) is 29.0. The number of alkyl halides is 3. The van der Waals surface area contributed by atoms with Crippen molar-refractivity contribution < 1.29 is 40.2 Å². The smallest absolute Gasteiger partial charge is 0.433 e. The lowest BCUT2D eigenvalue weighted by Crippen LogP contribution is -2.49. The van der Waals surface area contributed by atoms with Gasteiger partial charge in [-0.3, -0.25) is 0 Å². The molecule has 0 aliphatic carbocycles. The van der Waals surface area contributed by atoms with Crippen molar-refractivity contribution >= 4 is 33.4 Å². The molecule has 214 valence electrons. The summed E-state index contributed by atoms with van der Waals surface area (Å²) in [5.74, 6) is -1.15. The third-order valence-corrected chi connectivity index (χ3v) is 7.68. The normalized spacial score (nSPS) is 14.6. The van der Waals surface area contributed by atoms with Gasteiger partial charge in [0.05, 0.1) is 11.5 Å². The SMILES string of the molecule is CCOC(=O)COc1ccc(S(=O)(=O)N2CCN(c3nc(Nc4ccc(F)cc4)cc(C(F)(F)F)n3)CC2)cc1. The summed E-state index contributed by atoms with van der Waals surface area (Å²) in [5, 5.41) is 2.72. The van der Waals surface area contributed by atoms with Gasteiger partial charge in [-0.2, -0.15) is 22.5 Å². The second kappa shape index (κ2) is 12.0. The minimum atomic E-state index is -4.76. The summed E-state index contributed by atoms with van der Waals surface area (Å²) in [6, 6.07) is 11.3. The van der Waals surface area contributed by atoms with Crippen LogP contribution >= 0.6 is 0 Å². The first-order chi connectivity index (χ1) is 19.0. The van der Waals surface area contributed by atoms with Crippen LogP contribution < -0.4 is 15.0 Å². The lowest BCUT2D eigenvalue weighted by Gasteiger charge is -2.34. The largest absolute Gasteiger partial charge is 0.482 e. The number of piperazine rings is 1. The molecule has 40 heavy (non-hydrogen) atoms. The number of benzene rings is 2. The molecule has 0 bridgehead atoms. The third-order valence-electron chi connectivity index (χ3n) is 5.77. The predicted octanol–water partition coefficient (Wildman–Crippen LogP) is 3.83. The van der Waals surface area contributed by atoms with Crippen molar-refractivity contribution in [3.05, 3.63) is 66.1 Å². The van der Waals surface area contributed by atoms with E-state index in [1.807, 2.05) is 0 Å². The molecular formula is C25H25F4N5O5S. The van der Waals surface area contributed by atoms with Crippen LogP contribution in [-0.4, -0.2) is 68.1 Å². The van der Waals surface area contributed by atoms with Crippen LogP contribution in [0, 0.1) is 5.82 Å². The Morgan fingerprint density at radius 3 is 2.25 bits per heavy atom. The molecule has 0 spiro atoms. The molecule has 2 heterocycles. The number of sulfonamides is 1. The van der Waals surface area contributed by atoms with E-state index in [0.717, 1.165) is 18.2 Å². The lowest BCUT2D eigenvalue weighted by molar-refractivity contribution is -0.145. The number of ether oxygens (including phenoxy) is 2. The van der Waals surface area contributed by atoms with Gasteiger partial charge in [-0.05, 0) is 55.5 Å². The van der Waals surface area contributed by atoms with Gasteiger partial charge in [-0.25, -0.2) is 22.6 Å². The lowest BCUT2D eigenvalue weighted by atomic mass is 10.3. The molecular weight excluding hydrogens is 558 g/mol. The predicted molar refractivity (Wildman–Crippen MR) is 136 cm³/mol. The van der Waals surface area contributed by atoms with E-state index in [2.05, 4.69) is 15.3 Å². The van der Waals surface area contributed by atoms with Crippen molar-refractivity contribution in [2.45, 2.75) is 18.0 Å². The highest BCUT2D eigenvalue weighted by molar-refractivity contribution is 7.89. The summed E-state index contributed by atoms with van der Waals surface area (Å²) in [4.78, 5) is 20.7. The third kappa shape index (κ3) is 7.15. The van der Waals surface area contributed by atoms with Gasteiger partial charge in [-0.15, -0.1) is 0 Å². The molecule has 4 rings (SSSR count). The molecule has 15 heteroatoms. The number of halogens is 4. The molecule has 1 aromatic heterocycles. The Morgan fingerprint density at radius 1 is 1.00 bits per heavy atom. The number of carbonyl (C=O) groups excluding carboxylic acids is 1. The molecule has 0 saturated carbocycles. The van der Waals surface area contributed by atoms with Crippen molar-refractivity contribution in [1.29, 1.82) is 0 Å². The molecule has 0 atom stereocenters. The van der Waals surface area contributed by atoms with Crippen LogP contribution in [-0.2, 0) is 25.7 Å². The van der Waals surface area contributed by atoms with Crippen molar-refractivity contribution in [2.24, 2.45) is 0 Å². The molecule has 0 radical (unpaired) electrons. The highest BCUT2D eigenvalue weighted by Crippen LogP contribution is 2.32. The number of hydrogen-bond acceptors (Lipinski definition) is 9. The Hall–Kier alpha value is -3.98. The first-order valence-corrected chi connectivity index (χ1v) is 13.5.